The van der Waals surface area contributed by atoms with E-state index in [1.54, 1.807) is 36.7 Å². The molecule has 0 amide bonds. The van der Waals surface area contributed by atoms with Gasteiger partial charge in [0, 0.05) is 25.0 Å². The van der Waals surface area contributed by atoms with Crippen LogP contribution in [0, 0.1) is 6.92 Å². The summed E-state index contributed by atoms with van der Waals surface area (Å²) in [6.07, 6.45) is 3.34. The molecule has 0 saturated heterocycles. The molecular weight excluding hydrogens is 286 g/mol. The smallest absolute Gasteiger partial charge is 0.240 e. The molecule has 0 aliphatic heterocycles. The van der Waals surface area contributed by atoms with Crippen molar-refractivity contribution in [2.24, 2.45) is 5.73 Å². The van der Waals surface area contributed by atoms with Crippen LogP contribution in [0.3, 0.4) is 0 Å². The van der Waals surface area contributed by atoms with E-state index in [0.29, 0.717) is 0 Å². The first-order valence-corrected chi connectivity index (χ1v) is 8.13. The van der Waals surface area contributed by atoms with Gasteiger partial charge in [-0.1, -0.05) is 12.1 Å². The number of hydrogen-bond acceptors (Lipinski definition) is 4. The van der Waals surface area contributed by atoms with Gasteiger partial charge in [-0.05, 0) is 48.7 Å². The van der Waals surface area contributed by atoms with Crippen molar-refractivity contribution in [1.29, 1.82) is 0 Å². The Morgan fingerprint density at radius 2 is 1.90 bits per heavy atom. The van der Waals surface area contributed by atoms with Crippen molar-refractivity contribution in [3.05, 3.63) is 59.4 Å². The van der Waals surface area contributed by atoms with Crippen molar-refractivity contribution < 1.29 is 8.42 Å². The summed E-state index contributed by atoms with van der Waals surface area (Å²) in [5.41, 5.74) is 8.51. The summed E-state index contributed by atoms with van der Waals surface area (Å²) in [5.74, 6) is 0. The third kappa shape index (κ3) is 3.87. The molecule has 0 bridgehead atoms. The Morgan fingerprint density at radius 1 is 1.24 bits per heavy atom. The summed E-state index contributed by atoms with van der Waals surface area (Å²) in [6.45, 7) is 3.99. The molecule has 5 nitrogen and oxygen atoms in total. The summed E-state index contributed by atoms with van der Waals surface area (Å²) in [6, 6.07) is 8.33. The van der Waals surface area contributed by atoms with Crippen molar-refractivity contribution in [3.8, 4) is 0 Å². The van der Waals surface area contributed by atoms with Crippen LogP contribution in [0.25, 0.3) is 0 Å². The van der Waals surface area contributed by atoms with E-state index in [1.165, 1.54) is 0 Å². The molecular formula is C15H19N3O2S. The van der Waals surface area contributed by atoms with Gasteiger partial charge in [0.25, 0.3) is 0 Å². The van der Waals surface area contributed by atoms with Gasteiger partial charge in [0.2, 0.25) is 10.0 Å². The quantitative estimate of drug-likeness (QED) is 0.883. The molecule has 0 aliphatic rings. The van der Waals surface area contributed by atoms with E-state index in [-0.39, 0.29) is 17.5 Å². The number of pyridine rings is 1. The Bertz CT molecular complexity index is 710. The summed E-state index contributed by atoms with van der Waals surface area (Å²) < 4.78 is 27.1. The van der Waals surface area contributed by atoms with E-state index in [9.17, 15) is 8.42 Å². The maximum atomic E-state index is 12.2. The number of benzene rings is 1. The van der Waals surface area contributed by atoms with Crippen molar-refractivity contribution in [3.63, 3.8) is 0 Å². The van der Waals surface area contributed by atoms with E-state index in [4.69, 9.17) is 5.73 Å². The number of nitrogens with zero attached hydrogens (tertiary/aromatic N) is 1. The first-order chi connectivity index (χ1) is 9.90. The predicted molar refractivity (Wildman–Crippen MR) is 82.0 cm³/mol. The van der Waals surface area contributed by atoms with E-state index < -0.39 is 10.0 Å². The fourth-order valence-corrected chi connectivity index (χ4v) is 2.89. The third-order valence-corrected chi connectivity index (χ3v) is 4.73. The Hall–Kier alpha value is -1.76. The molecule has 112 valence electrons. The molecule has 0 radical (unpaired) electrons. The van der Waals surface area contributed by atoms with E-state index in [0.717, 1.165) is 16.7 Å². The number of sulfonamides is 1. The molecule has 1 aromatic carbocycles. The molecule has 0 saturated carbocycles. The normalized spacial score (nSPS) is 13.1. The van der Waals surface area contributed by atoms with Crippen molar-refractivity contribution in [2.75, 3.05) is 0 Å². The van der Waals surface area contributed by atoms with Gasteiger partial charge in [0.15, 0.2) is 0 Å². The lowest BCUT2D eigenvalue weighted by Crippen LogP contribution is -2.23. The van der Waals surface area contributed by atoms with Gasteiger partial charge in [-0.2, -0.15) is 0 Å². The lowest BCUT2D eigenvalue weighted by molar-refractivity contribution is 0.581. The molecule has 1 atom stereocenters. The lowest BCUT2D eigenvalue weighted by atomic mass is 10.1. The minimum Gasteiger partial charge on any atom is -0.324 e. The molecule has 2 rings (SSSR count). The van der Waals surface area contributed by atoms with Gasteiger partial charge < -0.3 is 5.73 Å². The van der Waals surface area contributed by atoms with E-state index in [1.807, 2.05) is 19.9 Å². The maximum Gasteiger partial charge on any atom is 0.240 e. The average Bonchev–Trinajstić information content (AvgIpc) is 2.46. The van der Waals surface area contributed by atoms with E-state index in [2.05, 4.69) is 9.71 Å². The van der Waals surface area contributed by atoms with Crippen molar-refractivity contribution in [1.82, 2.24) is 9.71 Å². The largest absolute Gasteiger partial charge is 0.324 e. The molecule has 0 aliphatic carbocycles. The monoisotopic (exact) mass is 305 g/mol. The Morgan fingerprint density at radius 3 is 2.48 bits per heavy atom. The molecule has 2 aromatic rings. The van der Waals surface area contributed by atoms with E-state index >= 15 is 0 Å². The second-order valence-electron chi connectivity index (χ2n) is 4.98. The second kappa shape index (κ2) is 6.34. The number of nitrogens with one attached hydrogen (secondary N) is 1. The summed E-state index contributed by atoms with van der Waals surface area (Å²) in [5, 5.41) is 0. The van der Waals surface area contributed by atoms with Crippen molar-refractivity contribution in [2.45, 2.75) is 31.3 Å². The van der Waals surface area contributed by atoms with Crippen LogP contribution >= 0.6 is 0 Å². The van der Waals surface area contributed by atoms with Crippen LogP contribution in [0.2, 0.25) is 0 Å². The highest BCUT2D eigenvalue weighted by molar-refractivity contribution is 7.89. The molecule has 3 N–H and O–H groups in total. The fourth-order valence-electron chi connectivity index (χ4n) is 1.89. The molecule has 1 aromatic heterocycles. The van der Waals surface area contributed by atoms with Gasteiger partial charge in [-0.15, -0.1) is 0 Å². The molecule has 0 spiro atoms. The van der Waals surface area contributed by atoms with Crippen molar-refractivity contribution >= 4 is 10.0 Å². The second-order valence-corrected chi connectivity index (χ2v) is 6.75. The van der Waals surface area contributed by atoms with Crippen LogP contribution in [0.4, 0.5) is 0 Å². The molecule has 1 unspecified atom stereocenters. The number of rotatable bonds is 5. The van der Waals surface area contributed by atoms with Gasteiger partial charge in [0.1, 0.15) is 0 Å². The zero-order chi connectivity index (χ0) is 15.5. The van der Waals surface area contributed by atoms with Gasteiger partial charge in [0.05, 0.1) is 4.90 Å². The van der Waals surface area contributed by atoms with Gasteiger partial charge in [-0.3, -0.25) is 4.98 Å². The number of aromatic nitrogens is 1. The zero-order valence-corrected chi connectivity index (χ0v) is 12.9. The molecule has 6 heteroatoms. The highest BCUT2D eigenvalue weighted by atomic mass is 32.2. The van der Waals surface area contributed by atoms with Crippen LogP contribution in [-0.4, -0.2) is 13.4 Å². The Kier molecular flexibility index (Phi) is 4.72. The Balaban J connectivity index is 2.13. The topological polar surface area (TPSA) is 85.1 Å². The number of aryl methyl sites for hydroxylation is 1. The number of nitrogens with two attached hydrogens (primary N) is 1. The van der Waals surface area contributed by atoms with Crippen LogP contribution < -0.4 is 10.5 Å². The van der Waals surface area contributed by atoms with Gasteiger partial charge >= 0.3 is 0 Å². The SMILES string of the molecule is Cc1ccncc1CNS(=O)(=O)c1ccc(C(C)N)cc1. The van der Waals surface area contributed by atoms with Crippen LogP contribution in [-0.2, 0) is 16.6 Å². The predicted octanol–water partition coefficient (Wildman–Crippen LogP) is 1.89. The summed E-state index contributed by atoms with van der Waals surface area (Å²) in [4.78, 5) is 4.23. The van der Waals surface area contributed by atoms with Gasteiger partial charge in [-0.25, -0.2) is 13.1 Å². The maximum absolute atomic E-state index is 12.2. The Labute approximate surface area is 125 Å². The molecule has 1 heterocycles. The minimum atomic E-state index is -3.54. The molecule has 0 fully saturated rings. The van der Waals surface area contributed by atoms with Crippen LogP contribution in [0.1, 0.15) is 29.7 Å². The fraction of sp³-hybridized carbons (Fsp3) is 0.267. The highest BCUT2D eigenvalue weighted by Crippen LogP contribution is 2.15. The lowest BCUT2D eigenvalue weighted by Gasteiger charge is -2.10. The number of hydrogen-bond donors (Lipinski definition) is 2. The minimum absolute atomic E-state index is 0.118. The summed E-state index contributed by atoms with van der Waals surface area (Å²) in [7, 11) is -3.54. The summed E-state index contributed by atoms with van der Waals surface area (Å²) >= 11 is 0. The van der Waals surface area contributed by atoms with Crippen LogP contribution in [0.5, 0.6) is 0 Å². The highest BCUT2D eigenvalue weighted by Gasteiger charge is 2.14. The third-order valence-electron chi connectivity index (χ3n) is 3.32. The average molecular weight is 305 g/mol. The molecule has 21 heavy (non-hydrogen) atoms. The first kappa shape index (κ1) is 15.6. The zero-order valence-electron chi connectivity index (χ0n) is 12.1. The standard InChI is InChI=1S/C15H19N3O2S/c1-11-7-8-17-9-14(11)10-18-21(19,20)15-5-3-13(4-6-15)12(2)16/h3-9,12,18H,10,16H2,1-2H3. The van der Waals surface area contributed by atoms with Crippen LogP contribution in [0.15, 0.2) is 47.6 Å². The first-order valence-electron chi connectivity index (χ1n) is 6.65.